The maximum absolute atomic E-state index is 13.0. The Hall–Kier alpha value is -2.29. The molecular formula is C16H13FO2. The van der Waals surface area contributed by atoms with Gasteiger partial charge in [-0.1, -0.05) is 36.4 Å². The smallest absolute Gasteiger partial charge is 0.163 e. The number of carbonyl (C=O) groups excluding carboxylic acids is 2. The Bertz CT molecular complexity index is 588. The van der Waals surface area contributed by atoms with E-state index < -0.39 is 0 Å². The molecule has 0 N–H and O–H groups in total. The van der Waals surface area contributed by atoms with Gasteiger partial charge in [0.2, 0.25) is 0 Å². The molecule has 0 aromatic heterocycles. The summed E-state index contributed by atoms with van der Waals surface area (Å²) < 4.78 is 13.0. The molecule has 96 valence electrons. The summed E-state index contributed by atoms with van der Waals surface area (Å²) in [6, 6.07) is 12.7. The van der Waals surface area contributed by atoms with E-state index in [0.717, 1.165) is 11.8 Å². The number of ketones is 1. The normalized spacial score (nSPS) is 10.2. The van der Waals surface area contributed by atoms with E-state index in [2.05, 4.69) is 0 Å². The number of halogens is 1. The van der Waals surface area contributed by atoms with E-state index >= 15 is 0 Å². The van der Waals surface area contributed by atoms with Crippen molar-refractivity contribution in [2.75, 3.05) is 0 Å². The molecule has 0 amide bonds. The molecule has 2 rings (SSSR count). The van der Waals surface area contributed by atoms with Gasteiger partial charge in [-0.2, -0.15) is 0 Å². The summed E-state index contributed by atoms with van der Waals surface area (Å²) in [5.41, 5.74) is 1.92. The fourth-order valence-corrected chi connectivity index (χ4v) is 1.84. The van der Waals surface area contributed by atoms with Crippen molar-refractivity contribution < 1.29 is 14.0 Å². The van der Waals surface area contributed by atoms with Gasteiger partial charge in [-0.25, -0.2) is 4.39 Å². The van der Waals surface area contributed by atoms with Crippen molar-refractivity contribution in [3.05, 3.63) is 71.0 Å². The lowest BCUT2D eigenvalue weighted by Crippen LogP contribution is -2.01. The van der Waals surface area contributed by atoms with Crippen LogP contribution in [0, 0.1) is 5.82 Å². The molecule has 0 saturated carbocycles. The fraction of sp³-hybridized carbons (Fsp3) is 0.125. The predicted molar refractivity (Wildman–Crippen MR) is 70.9 cm³/mol. The minimum atomic E-state index is -0.291. The number of hydrogen-bond donors (Lipinski definition) is 0. The van der Waals surface area contributed by atoms with E-state index in [-0.39, 0.29) is 11.6 Å². The van der Waals surface area contributed by atoms with Crippen LogP contribution in [0.25, 0.3) is 0 Å². The monoisotopic (exact) mass is 256 g/mol. The van der Waals surface area contributed by atoms with Crippen LogP contribution in [0.2, 0.25) is 0 Å². The molecule has 0 heterocycles. The van der Waals surface area contributed by atoms with Crippen LogP contribution >= 0.6 is 0 Å². The zero-order chi connectivity index (χ0) is 13.7. The Labute approximate surface area is 110 Å². The molecular weight excluding hydrogens is 243 g/mol. The van der Waals surface area contributed by atoms with Crippen LogP contribution in [0.15, 0.2) is 48.5 Å². The lowest BCUT2D eigenvalue weighted by molar-refractivity contribution is 0.0982. The Morgan fingerprint density at radius 3 is 2.47 bits per heavy atom. The molecule has 0 aliphatic rings. The second-order valence-electron chi connectivity index (χ2n) is 4.29. The van der Waals surface area contributed by atoms with Gasteiger partial charge in [0, 0.05) is 17.5 Å². The lowest BCUT2D eigenvalue weighted by Gasteiger charge is -2.02. The standard InChI is InChI=1S/C16H13FO2/c17-15-3-1-2-12(10-15)6-9-16(19)14-7-4-13(11-18)5-8-14/h1-5,7-8,10-11H,6,9H2. The third-order valence-electron chi connectivity index (χ3n) is 2.90. The Kier molecular flexibility index (Phi) is 4.18. The first-order valence-corrected chi connectivity index (χ1v) is 6.02. The van der Waals surface area contributed by atoms with Crippen LogP contribution in [-0.2, 0) is 6.42 Å². The zero-order valence-corrected chi connectivity index (χ0v) is 10.3. The molecule has 0 aliphatic carbocycles. The third-order valence-corrected chi connectivity index (χ3v) is 2.90. The number of carbonyl (C=O) groups is 2. The second-order valence-corrected chi connectivity index (χ2v) is 4.29. The van der Waals surface area contributed by atoms with Crippen LogP contribution in [-0.4, -0.2) is 12.1 Å². The van der Waals surface area contributed by atoms with Gasteiger partial charge in [0.15, 0.2) is 5.78 Å². The van der Waals surface area contributed by atoms with Crippen LogP contribution in [0.5, 0.6) is 0 Å². The summed E-state index contributed by atoms with van der Waals surface area (Å²) in [4.78, 5) is 22.4. The minimum absolute atomic E-state index is 0.0123. The lowest BCUT2D eigenvalue weighted by atomic mass is 10.0. The average Bonchev–Trinajstić information content (AvgIpc) is 2.45. The van der Waals surface area contributed by atoms with E-state index in [0.29, 0.717) is 24.0 Å². The van der Waals surface area contributed by atoms with Crippen LogP contribution in [0.3, 0.4) is 0 Å². The molecule has 3 heteroatoms. The van der Waals surface area contributed by atoms with E-state index in [1.165, 1.54) is 12.1 Å². The van der Waals surface area contributed by atoms with Crippen LogP contribution < -0.4 is 0 Å². The Balaban J connectivity index is 1.99. The average molecular weight is 256 g/mol. The minimum Gasteiger partial charge on any atom is -0.298 e. The zero-order valence-electron chi connectivity index (χ0n) is 10.3. The molecule has 2 aromatic carbocycles. The molecule has 0 aliphatic heterocycles. The largest absolute Gasteiger partial charge is 0.298 e. The van der Waals surface area contributed by atoms with Gasteiger partial charge in [-0.3, -0.25) is 9.59 Å². The Morgan fingerprint density at radius 1 is 1.11 bits per heavy atom. The second kappa shape index (κ2) is 6.05. The maximum Gasteiger partial charge on any atom is 0.163 e. The van der Waals surface area contributed by atoms with E-state index in [9.17, 15) is 14.0 Å². The highest BCUT2D eigenvalue weighted by atomic mass is 19.1. The summed E-state index contributed by atoms with van der Waals surface area (Å²) in [6.07, 6.45) is 1.57. The first-order valence-electron chi connectivity index (χ1n) is 6.02. The summed E-state index contributed by atoms with van der Waals surface area (Å²) in [5.74, 6) is -0.304. The van der Waals surface area contributed by atoms with Crippen LogP contribution in [0.4, 0.5) is 4.39 Å². The number of aryl methyl sites for hydroxylation is 1. The van der Waals surface area contributed by atoms with Gasteiger partial charge < -0.3 is 0 Å². The first kappa shape index (κ1) is 13.1. The molecule has 0 atom stereocenters. The molecule has 19 heavy (non-hydrogen) atoms. The number of Topliss-reactive ketones (excluding diaryl/α,β-unsaturated/α-hetero) is 1. The molecule has 0 fully saturated rings. The predicted octanol–water partition coefficient (Wildman–Crippen LogP) is 3.45. The van der Waals surface area contributed by atoms with Crippen LogP contribution in [0.1, 0.15) is 32.7 Å². The van der Waals surface area contributed by atoms with Crippen molar-refractivity contribution in [1.29, 1.82) is 0 Å². The van der Waals surface area contributed by atoms with Gasteiger partial charge in [-0.15, -0.1) is 0 Å². The Morgan fingerprint density at radius 2 is 1.84 bits per heavy atom. The number of rotatable bonds is 5. The van der Waals surface area contributed by atoms with E-state index in [1.54, 1.807) is 36.4 Å². The quantitative estimate of drug-likeness (QED) is 0.606. The van der Waals surface area contributed by atoms with Crippen molar-refractivity contribution in [3.8, 4) is 0 Å². The third kappa shape index (κ3) is 3.58. The highest BCUT2D eigenvalue weighted by molar-refractivity contribution is 5.96. The van der Waals surface area contributed by atoms with E-state index in [4.69, 9.17) is 0 Å². The van der Waals surface area contributed by atoms with Crippen molar-refractivity contribution >= 4 is 12.1 Å². The SMILES string of the molecule is O=Cc1ccc(C(=O)CCc2cccc(F)c2)cc1. The molecule has 0 spiro atoms. The molecule has 0 unspecified atom stereocenters. The van der Waals surface area contributed by atoms with Crippen molar-refractivity contribution in [3.63, 3.8) is 0 Å². The van der Waals surface area contributed by atoms with Crippen molar-refractivity contribution in [2.24, 2.45) is 0 Å². The molecule has 2 nitrogen and oxygen atoms in total. The maximum atomic E-state index is 13.0. The van der Waals surface area contributed by atoms with Crippen molar-refractivity contribution in [1.82, 2.24) is 0 Å². The number of benzene rings is 2. The molecule has 0 radical (unpaired) electrons. The molecule has 0 saturated heterocycles. The van der Waals surface area contributed by atoms with Gasteiger partial charge in [-0.05, 0) is 24.1 Å². The van der Waals surface area contributed by atoms with Gasteiger partial charge in [0.25, 0.3) is 0 Å². The molecule has 2 aromatic rings. The first-order chi connectivity index (χ1) is 9.19. The van der Waals surface area contributed by atoms with Gasteiger partial charge in [0.05, 0.1) is 0 Å². The fourth-order valence-electron chi connectivity index (χ4n) is 1.84. The number of aldehydes is 1. The highest BCUT2D eigenvalue weighted by Crippen LogP contribution is 2.10. The van der Waals surface area contributed by atoms with Crippen molar-refractivity contribution in [2.45, 2.75) is 12.8 Å². The van der Waals surface area contributed by atoms with Gasteiger partial charge in [0.1, 0.15) is 12.1 Å². The summed E-state index contributed by atoms with van der Waals surface area (Å²) in [7, 11) is 0. The summed E-state index contributed by atoms with van der Waals surface area (Å²) in [6.45, 7) is 0. The summed E-state index contributed by atoms with van der Waals surface area (Å²) >= 11 is 0. The number of hydrogen-bond acceptors (Lipinski definition) is 2. The van der Waals surface area contributed by atoms with Gasteiger partial charge >= 0.3 is 0 Å². The topological polar surface area (TPSA) is 34.1 Å². The highest BCUT2D eigenvalue weighted by Gasteiger charge is 2.06. The van der Waals surface area contributed by atoms with E-state index in [1.807, 2.05) is 0 Å². The summed E-state index contributed by atoms with van der Waals surface area (Å²) in [5, 5.41) is 0. The molecule has 0 bridgehead atoms.